The molecule has 136 valence electrons. The Kier molecular flexibility index (Phi) is 5.07. The van der Waals surface area contributed by atoms with Crippen molar-refractivity contribution in [3.8, 4) is 0 Å². The van der Waals surface area contributed by atoms with Crippen LogP contribution in [0.2, 0.25) is 0 Å². The van der Waals surface area contributed by atoms with E-state index in [1.54, 1.807) is 31.2 Å². The molecular weight excluding hydrogens is 350 g/mol. The Labute approximate surface area is 153 Å². The van der Waals surface area contributed by atoms with Crippen molar-refractivity contribution in [2.45, 2.75) is 6.92 Å². The number of aromatic nitrogens is 1. The number of non-ortho nitro benzene ring substituents is 1. The average molecular weight is 365 g/mol. The summed E-state index contributed by atoms with van der Waals surface area (Å²) in [5.74, 6) is -1.25. The predicted molar refractivity (Wildman–Crippen MR) is 98.5 cm³/mol. The molecule has 0 radical (unpaired) electrons. The van der Waals surface area contributed by atoms with E-state index in [1.807, 2.05) is 6.07 Å². The molecule has 0 fully saturated rings. The summed E-state index contributed by atoms with van der Waals surface area (Å²) in [6.45, 7) is 1.25. The molecule has 0 atom stereocenters. The molecule has 1 amide bonds. The number of rotatable bonds is 5. The van der Waals surface area contributed by atoms with Gasteiger partial charge >= 0.3 is 5.97 Å². The minimum Gasteiger partial charge on any atom is -0.452 e. The van der Waals surface area contributed by atoms with Crippen LogP contribution in [0.25, 0.3) is 10.9 Å². The fourth-order valence-corrected chi connectivity index (χ4v) is 2.58. The molecule has 0 aliphatic rings. The summed E-state index contributed by atoms with van der Waals surface area (Å²) < 4.78 is 5.09. The summed E-state index contributed by atoms with van der Waals surface area (Å²) in [5, 5.41) is 13.9. The van der Waals surface area contributed by atoms with Gasteiger partial charge in [-0.05, 0) is 25.1 Å². The first-order valence-electron chi connectivity index (χ1n) is 8.02. The summed E-state index contributed by atoms with van der Waals surface area (Å²) in [5.41, 5.74) is 1.73. The molecule has 8 nitrogen and oxygen atoms in total. The third-order valence-electron chi connectivity index (χ3n) is 3.74. The average Bonchev–Trinajstić information content (AvgIpc) is 2.65. The van der Waals surface area contributed by atoms with E-state index in [0.717, 1.165) is 0 Å². The topological polar surface area (TPSA) is 111 Å². The van der Waals surface area contributed by atoms with Crippen LogP contribution in [0.1, 0.15) is 16.1 Å². The first-order chi connectivity index (χ1) is 12.9. The molecule has 3 rings (SSSR count). The summed E-state index contributed by atoms with van der Waals surface area (Å²) in [6.07, 6.45) is 0. The highest BCUT2D eigenvalue weighted by Gasteiger charge is 2.15. The number of carbonyl (C=O) groups is 2. The number of benzene rings is 2. The van der Waals surface area contributed by atoms with Gasteiger partial charge in [0.05, 0.1) is 16.0 Å². The summed E-state index contributed by atoms with van der Waals surface area (Å²) in [6, 6.07) is 14.2. The van der Waals surface area contributed by atoms with E-state index in [-0.39, 0.29) is 11.4 Å². The van der Waals surface area contributed by atoms with Crippen LogP contribution in [0.5, 0.6) is 0 Å². The molecule has 0 aliphatic carbocycles. The smallest absolute Gasteiger partial charge is 0.339 e. The molecule has 0 spiro atoms. The van der Waals surface area contributed by atoms with Crippen LogP contribution in [0, 0.1) is 17.0 Å². The largest absolute Gasteiger partial charge is 0.452 e. The van der Waals surface area contributed by atoms with Crippen LogP contribution in [0.4, 0.5) is 11.4 Å². The summed E-state index contributed by atoms with van der Waals surface area (Å²) in [7, 11) is 0. The van der Waals surface area contributed by atoms with Gasteiger partial charge < -0.3 is 10.1 Å². The van der Waals surface area contributed by atoms with Crippen molar-refractivity contribution in [1.29, 1.82) is 0 Å². The molecule has 1 aromatic heterocycles. The lowest BCUT2D eigenvalue weighted by molar-refractivity contribution is -0.384. The van der Waals surface area contributed by atoms with Crippen molar-refractivity contribution in [2.24, 2.45) is 0 Å². The van der Waals surface area contributed by atoms with E-state index < -0.39 is 23.4 Å². The van der Waals surface area contributed by atoms with Gasteiger partial charge in [0.1, 0.15) is 0 Å². The maximum Gasteiger partial charge on any atom is 0.339 e. The molecule has 1 heterocycles. The lowest BCUT2D eigenvalue weighted by Gasteiger charge is -2.09. The fourth-order valence-electron chi connectivity index (χ4n) is 2.58. The van der Waals surface area contributed by atoms with Gasteiger partial charge in [-0.15, -0.1) is 0 Å². The molecular formula is C19H15N3O5. The third kappa shape index (κ3) is 4.24. The molecule has 27 heavy (non-hydrogen) atoms. The zero-order chi connectivity index (χ0) is 19.4. The first kappa shape index (κ1) is 18.0. The van der Waals surface area contributed by atoms with Crippen LogP contribution in [0.15, 0.2) is 54.6 Å². The zero-order valence-corrected chi connectivity index (χ0v) is 14.3. The van der Waals surface area contributed by atoms with Crippen LogP contribution < -0.4 is 5.32 Å². The molecule has 1 N–H and O–H groups in total. The van der Waals surface area contributed by atoms with Crippen LogP contribution >= 0.6 is 0 Å². The van der Waals surface area contributed by atoms with Gasteiger partial charge in [-0.2, -0.15) is 0 Å². The third-order valence-corrected chi connectivity index (χ3v) is 3.74. The number of esters is 1. The molecule has 0 saturated carbocycles. The number of hydrogen-bond donors (Lipinski definition) is 1. The summed E-state index contributed by atoms with van der Waals surface area (Å²) >= 11 is 0. The minimum atomic E-state index is -0.647. The number of aryl methyl sites for hydroxylation is 1. The predicted octanol–water partition coefficient (Wildman–Crippen LogP) is 3.25. The number of para-hydroxylation sites is 1. The Morgan fingerprint density at radius 3 is 2.70 bits per heavy atom. The van der Waals surface area contributed by atoms with E-state index in [1.165, 1.54) is 24.3 Å². The Bertz CT molecular complexity index is 1050. The highest BCUT2D eigenvalue weighted by atomic mass is 16.6. The first-order valence-corrected chi connectivity index (χ1v) is 8.02. The Morgan fingerprint density at radius 2 is 1.93 bits per heavy atom. The number of ether oxygens (including phenoxy) is 1. The number of nitrogens with one attached hydrogen (secondary N) is 1. The number of fused-ring (bicyclic) bond motifs is 1. The standard InChI is InChI=1S/C19H15N3O5/c1-12-9-16(15-7-2-3-8-17(15)20-12)19(24)27-11-18(23)21-13-5-4-6-14(10-13)22(25)26/h2-10H,11H2,1H3,(H,21,23). The van der Waals surface area contributed by atoms with Gasteiger partial charge in [0.25, 0.3) is 11.6 Å². The van der Waals surface area contributed by atoms with Crippen molar-refractivity contribution in [1.82, 2.24) is 4.98 Å². The number of carbonyl (C=O) groups excluding carboxylic acids is 2. The maximum atomic E-state index is 12.4. The van der Waals surface area contributed by atoms with Gasteiger partial charge in [0.15, 0.2) is 6.61 Å². The molecule has 2 aromatic carbocycles. The van der Waals surface area contributed by atoms with Gasteiger partial charge in [-0.1, -0.05) is 24.3 Å². The Morgan fingerprint density at radius 1 is 1.15 bits per heavy atom. The Balaban J connectivity index is 1.68. The molecule has 8 heteroatoms. The van der Waals surface area contributed by atoms with Crippen molar-refractivity contribution in [2.75, 3.05) is 11.9 Å². The van der Waals surface area contributed by atoms with E-state index in [9.17, 15) is 19.7 Å². The monoisotopic (exact) mass is 365 g/mol. The summed E-state index contributed by atoms with van der Waals surface area (Å²) in [4.78, 5) is 38.9. The molecule has 0 unspecified atom stereocenters. The van der Waals surface area contributed by atoms with Crippen molar-refractivity contribution >= 4 is 34.2 Å². The second kappa shape index (κ2) is 7.61. The van der Waals surface area contributed by atoms with Crippen molar-refractivity contribution in [3.63, 3.8) is 0 Å². The number of anilines is 1. The number of nitrogens with zero attached hydrogens (tertiary/aromatic N) is 2. The molecule has 0 bridgehead atoms. The van der Waals surface area contributed by atoms with E-state index in [0.29, 0.717) is 22.2 Å². The quantitative estimate of drug-likeness (QED) is 0.422. The normalized spacial score (nSPS) is 10.4. The van der Waals surface area contributed by atoms with Gasteiger partial charge in [0.2, 0.25) is 0 Å². The second-order valence-electron chi connectivity index (χ2n) is 5.76. The van der Waals surface area contributed by atoms with E-state index in [4.69, 9.17) is 4.74 Å². The molecule has 3 aromatic rings. The van der Waals surface area contributed by atoms with Crippen LogP contribution in [-0.2, 0) is 9.53 Å². The fraction of sp³-hybridized carbons (Fsp3) is 0.105. The highest BCUT2D eigenvalue weighted by Crippen LogP contribution is 2.19. The van der Waals surface area contributed by atoms with Crippen LogP contribution in [0.3, 0.4) is 0 Å². The minimum absolute atomic E-state index is 0.150. The van der Waals surface area contributed by atoms with Gasteiger partial charge in [-0.3, -0.25) is 19.9 Å². The van der Waals surface area contributed by atoms with Crippen molar-refractivity contribution in [3.05, 3.63) is 76.0 Å². The van der Waals surface area contributed by atoms with Crippen molar-refractivity contribution < 1.29 is 19.2 Å². The van der Waals surface area contributed by atoms with Gasteiger partial charge in [0, 0.05) is 28.9 Å². The lowest BCUT2D eigenvalue weighted by atomic mass is 10.1. The number of hydrogen-bond acceptors (Lipinski definition) is 6. The molecule has 0 saturated heterocycles. The number of nitro groups is 1. The number of amides is 1. The molecule has 0 aliphatic heterocycles. The number of pyridine rings is 1. The lowest BCUT2D eigenvalue weighted by Crippen LogP contribution is -2.21. The highest BCUT2D eigenvalue weighted by molar-refractivity contribution is 6.04. The van der Waals surface area contributed by atoms with Gasteiger partial charge in [-0.25, -0.2) is 4.79 Å². The Hall–Kier alpha value is -3.81. The zero-order valence-electron chi connectivity index (χ0n) is 14.3. The second-order valence-corrected chi connectivity index (χ2v) is 5.76. The SMILES string of the molecule is Cc1cc(C(=O)OCC(=O)Nc2cccc([N+](=O)[O-])c2)c2ccccc2n1. The maximum absolute atomic E-state index is 12.4. The van der Waals surface area contributed by atoms with E-state index >= 15 is 0 Å². The van der Waals surface area contributed by atoms with Crippen LogP contribution in [-0.4, -0.2) is 28.4 Å². The number of nitro benzene ring substituents is 1. The van der Waals surface area contributed by atoms with E-state index in [2.05, 4.69) is 10.3 Å².